The summed E-state index contributed by atoms with van der Waals surface area (Å²) in [5.74, 6) is 0.394. The number of fused-ring (bicyclic) bond motifs is 1. The second kappa shape index (κ2) is 6.26. The molecule has 0 aliphatic rings. The fraction of sp³-hybridized carbons (Fsp3) is 0.0714. The summed E-state index contributed by atoms with van der Waals surface area (Å²) in [6.07, 6.45) is 2.84. The number of anilines is 1. The second-order valence-corrected chi connectivity index (χ2v) is 6.23. The Morgan fingerprint density at radius 2 is 2.29 bits per heavy atom. The third-order valence-corrected chi connectivity index (χ3v) is 4.70. The summed E-state index contributed by atoms with van der Waals surface area (Å²) in [7, 11) is 0. The zero-order valence-corrected chi connectivity index (χ0v) is 13.2. The van der Waals surface area contributed by atoms with Gasteiger partial charge in [0.05, 0.1) is 0 Å². The molecule has 0 bridgehead atoms. The predicted octanol–water partition coefficient (Wildman–Crippen LogP) is 2.43. The number of rotatable bonds is 4. The van der Waals surface area contributed by atoms with E-state index >= 15 is 0 Å². The fourth-order valence-corrected chi connectivity index (χ4v) is 3.49. The number of hydrazone groups is 1. The first-order valence-corrected chi connectivity index (χ1v) is 8.46. The minimum absolute atomic E-state index is 0.107. The number of halogens is 1. The van der Waals surface area contributed by atoms with Gasteiger partial charge in [-0.25, -0.2) is 0 Å². The molecule has 106 valence electrons. The van der Waals surface area contributed by atoms with Gasteiger partial charge >= 0.3 is 131 Å². The maximum absolute atomic E-state index is 12.2. The van der Waals surface area contributed by atoms with Gasteiger partial charge in [0.15, 0.2) is 0 Å². The van der Waals surface area contributed by atoms with Crippen molar-refractivity contribution in [2.45, 2.75) is 5.88 Å². The minimum atomic E-state index is -0.110. The summed E-state index contributed by atoms with van der Waals surface area (Å²) in [5, 5.41) is 4.57. The van der Waals surface area contributed by atoms with Crippen LogP contribution in [0.3, 0.4) is 0 Å². The van der Waals surface area contributed by atoms with Crippen LogP contribution < -0.4 is 10.9 Å². The number of aromatic nitrogens is 1. The van der Waals surface area contributed by atoms with Crippen molar-refractivity contribution in [3.05, 3.63) is 56.9 Å². The van der Waals surface area contributed by atoms with Crippen LogP contribution in [0.2, 0.25) is 0 Å². The molecule has 21 heavy (non-hydrogen) atoms. The Morgan fingerprint density at radius 3 is 3.10 bits per heavy atom. The van der Waals surface area contributed by atoms with Crippen molar-refractivity contribution in [1.29, 1.82) is 0 Å². The van der Waals surface area contributed by atoms with Crippen LogP contribution in [-0.4, -0.2) is 25.7 Å². The third kappa shape index (κ3) is 3.08. The molecule has 0 atom stereocenters. The van der Waals surface area contributed by atoms with E-state index in [-0.39, 0.29) is 19.9 Å². The monoisotopic (exact) mass is 367 g/mol. The van der Waals surface area contributed by atoms with Crippen LogP contribution in [0.1, 0.15) is 11.3 Å². The number of hydrogen-bond acceptors (Lipinski definition) is 5. The van der Waals surface area contributed by atoms with Gasteiger partial charge in [-0.15, -0.1) is 0 Å². The Balaban J connectivity index is 1.82. The number of para-hydroxylation sites is 1. The van der Waals surface area contributed by atoms with Crippen molar-refractivity contribution in [1.82, 2.24) is 4.98 Å². The number of nitrogens with zero attached hydrogens (tertiary/aromatic N) is 2. The molecule has 0 aliphatic carbocycles. The van der Waals surface area contributed by atoms with E-state index in [4.69, 9.17) is 16.0 Å². The predicted molar refractivity (Wildman–Crippen MR) is 84.4 cm³/mol. The van der Waals surface area contributed by atoms with Crippen molar-refractivity contribution in [3.8, 4) is 0 Å². The first-order valence-electron chi connectivity index (χ1n) is 6.08. The second-order valence-electron chi connectivity index (χ2n) is 4.16. The molecule has 2 aromatic heterocycles. The molecular formula is C14H10ClN3O2Se. The van der Waals surface area contributed by atoms with Crippen molar-refractivity contribution in [3.63, 3.8) is 0 Å². The van der Waals surface area contributed by atoms with Gasteiger partial charge in [0.1, 0.15) is 0 Å². The number of hydrogen-bond donors (Lipinski definition) is 1. The molecule has 0 saturated heterocycles. The zero-order chi connectivity index (χ0) is 14.7. The van der Waals surface area contributed by atoms with Crippen molar-refractivity contribution in [2.24, 2.45) is 5.10 Å². The van der Waals surface area contributed by atoms with Crippen LogP contribution in [0.25, 0.3) is 11.0 Å². The van der Waals surface area contributed by atoms with E-state index in [0.29, 0.717) is 22.4 Å². The molecule has 0 radical (unpaired) electrons. The number of alkyl halides is 1. The molecule has 7 heteroatoms. The van der Waals surface area contributed by atoms with E-state index in [2.05, 4.69) is 15.5 Å². The Hall–Kier alpha value is -1.88. The molecular weight excluding hydrogens is 357 g/mol. The van der Waals surface area contributed by atoms with Crippen LogP contribution in [0.4, 0.5) is 4.69 Å². The summed E-state index contributed by atoms with van der Waals surface area (Å²) in [6.45, 7) is 0. The Kier molecular flexibility index (Phi) is 4.20. The molecule has 2 heterocycles. The topological polar surface area (TPSA) is 67.5 Å². The molecule has 0 fully saturated rings. The van der Waals surface area contributed by atoms with Gasteiger partial charge in [-0.2, -0.15) is 0 Å². The molecule has 3 rings (SSSR count). The van der Waals surface area contributed by atoms with Gasteiger partial charge < -0.3 is 0 Å². The first-order chi connectivity index (χ1) is 10.3. The summed E-state index contributed by atoms with van der Waals surface area (Å²) in [4.78, 5) is 18.5. The van der Waals surface area contributed by atoms with Gasteiger partial charge in [-0.05, 0) is 0 Å². The molecule has 1 aromatic carbocycles. The van der Waals surface area contributed by atoms with Crippen LogP contribution in [0.15, 0.2) is 49.8 Å². The standard InChI is InChI=1S/C14H10ClN3O2Se/c15-5-10-8-21-14(17-10)18-16-6-9-7-20-12-4-2-1-3-11(12)13(9)19/h1-4,6-8H,5H2,(H,17,18)/b16-6+. The molecule has 1 N–H and O–H groups in total. The van der Waals surface area contributed by atoms with Gasteiger partial charge in [0.2, 0.25) is 0 Å². The van der Waals surface area contributed by atoms with E-state index in [9.17, 15) is 4.79 Å². The molecule has 0 unspecified atom stereocenters. The molecule has 0 amide bonds. The summed E-state index contributed by atoms with van der Waals surface area (Å²) < 4.78 is 6.17. The quantitative estimate of drug-likeness (QED) is 0.333. The number of benzene rings is 1. The van der Waals surface area contributed by atoms with Crippen LogP contribution in [-0.2, 0) is 5.88 Å². The van der Waals surface area contributed by atoms with Gasteiger partial charge in [-0.1, -0.05) is 0 Å². The average Bonchev–Trinajstić information content (AvgIpc) is 2.98. The van der Waals surface area contributed by atoms with E-state index in [1.165, 1.54) is 12.5 Å². The van der Waals surface area contributed by atoms with Crippen LogP contribution >= 0.6 is 11.6 Å². The molecule has 5 nitrogen and oxygen atoms in total. The zero-order valence-electron chi connectivity index (χ0n) is 10.7. The molecule has 3 aromatic rings. The van der Waals surface area contributed by atoms with E-state index < -0.39 is 0 Å². The molecule has 0 saturated carbocycles. The summed E-state index contributed by atoms with van der Waals surface area (Å²) >= 11 is 5.80. The van der Waals surface area contributed by atoms with Gasteiger partial charge in [0, 0.05) is 0 Å². The van der Waals surface area contributed by atoms with Crippen molar-refractivity contribution >= 4 is 48.0 Å². The average molecular weight is 367 g/mol. The van der Waals surface area contributed by atoms with Crippen LogP contribution in [0, 0.1) is 0 Å². The van der Waals surface area contributed by atoms with Crippen molar-refractivity contribution < 1.29 is 4.42 Å². The Labute approximate surface area is 131 Å². The maximum atomic E-state index is 12.2. The number of nitrogens with one attached hydrogen (secondary N) is 1. The first kappa shape index (κ1) is 14.1. The third-order valence-electron chi connectivity index (χ3n) is 2.76. The van der Waals surface area contributed by atoms with Gasteiger partial charge in [-0.3, -0.25) is 0 Å². The fourth-order valence-electron chi connectivity index (χ4n) is 1.76. The normalized spacial score (nSPS) is 11.3. The van der Waals surface area contributed by atoms with E-state index in [1.807, 2.05) is 11.0 Å². The van der Waals surface area contributed by atoms with Gasteiger partial charge in [0.25, 0.3) is 0 Å². The Morgan fingerprint density at radius 1 is 1.43 bits per heavy atom. The summed E-state index contributed by atoms with van der Waals surface area (Å²) in [6, 6.07) is 7.10. The van der Waals surface area contributed by atoms with E-state index in [0.717, 1.165) is 10.4 Å². The SMILES string of the molecule is O=c1c(/C=N/Nc2nc(CCl)c[se]2)coc2ccccc12. The Bertz CT molecular complexity index is 857. The molecule has 0 aliphatic heterocycles. The van der Waals surface area contributed by atoms with Crippen molar-refractivity contribution in [2.75, 3.05) is 5.43 Å². The molecule has 0 spiro atoms. The van der Waals surface area contributed by atoms with Crippen LogP contribution in [0.5, 0.6) is 0 Å². The summed E-state index contributed by atoms with van der Waals surface area (Å²) in [5.41, 5.74) is 4.51. The van der Waals surface area contributed by atoms with E-state index in [1.54, 1.807) is 18.2 Å².